The number of aromatic nitrogens is 2. The van der Waals surface area contributed by atoms with Crippen molar-refractivity contribution in [2.45, 2.75) is 26.7 Å². The number of amides is 2. The Hall–Kier alpha value is -1.85. The molecule has 1 rings (SSSR count). The lowest BCUT2D eigenvalue weighted by molar-refractivity contribution is -0.116. The average molecular weight is 210 g/mol. The molecule has 2 amide bonds. The summed E-state index contributed by atoms with van der Waals surface area (Å²) in [4.78, 5) is 22.0. The van der Waals surface area contributed by atoms with E-state index in [1.165, 1.54) is 0 Å². The molecule has 0 fully saturated rings. The van der Waals surface area contributed by atoms with Crippen molar-refractivity contribution in [3.05, 3.63) is 6.07 Å². The molecule has 3 N–H and O–H groups in total. The van der Waals surface area contributed by atoms with Crippen LogP contribution in [0, 0.1) is 0 Å². The zero-order chi connectivity index (χ0) is 11.3. The summed E-state index contributed by atoms with van der Waals surface area (Å²) in [5.41, 5.74) is 0. The summed E-state index contributed by atoms with van der Waals surface area (Å²) in [7, 11) is 0. The van der Waals surface area contributed by atoms with Crippen molar-refractivity contribution < 1.29 is 9.59 Å². The second-order valence-electron chi connectivity index (χ2n) is 2.97. The highest BCUT2D eigenvalue weighted by atomic mass is 16.2. The zero-order valence-corrected chi connectivity index (χ0v) is 8.76. The van der Waals surface area contributed by atoms with Gasteiger partial charge in [-0.05, 0) is 0 Å². The summed E-state index contributed by atoms with van der Waals surface area (Å²) in [6.07, 6.45) is 0.791. The van der Waals surface area contributed by atoms with Crippen LogP contribution in [-0.4, -0.2) is 22.0 Å². The van der Waals surface area contributed by atoms with Gasteiger partial charge in [-0.3, -0.25) is 14.7 Å². The molecule has 82 valence electrons. The van der Waals surface area contributed by atoms with E-state index in [9.17, 15) is 9.59 Å². The van der Waals surface area contributed by atoms with Crippen molar-refractivity contribution in [1.29, 1.82) is 0 Å². The van der Waals surface area contributed by atoms with Gasteiger partial charge in [0.15, 0.2) is 5.82 Å². The van der Waals surface area contributed by atoms with Gasteiger partial charge in [0, 0.05) is 18.9 Å². The second kappa shape index (κ2) is 5.14. The molecule has 15 heavy (non-hydrogen) atoms. The molecule has 0 aromatic carbocycles. The minimum Gasteiger partial charge on any atom is -0.311 e. The number of carbonyl (C=O) groups excluding carboxylic acids is 2. The topological polar surface area (TPSA) is 86.9 Å². The van der Waals surface area contributed by atoms with Crippen LogP contribution in [-0.2, 0) is 9.59 Å². The fourth-order valence-electron chi connectivity index (χ4n) is 0.920. The number of rotatable bonds is 4. The molecule has 1 heterocycles. The van der Waals surface area contributed by atoms with Crippen LogP contribution in [0.25, 0.3) is 0 Å². The van der Waals surface area contributed by atoms with E-state index < -0.39 is 0 Å². The maximum absolute atomic E-state index is 11.0. The highest BCUT2D eigenvalue weighted by Crippen LogP contribution is 2.10. The lowest BCUT2D eigenvalue weighted by Gasteiger charge is -1.97. The molecule has 0 bridgehead atoms. The predicted octanol–water partition coefficient (Wildman–Crippen LogP) is 1.11. The maximum Gasteiger partial charge on any atom is 0.225 e. The third kappa shape index (κ3) is 3.41. The molecular formula is C9H14N4O2. The molecule has 6 nitrogen and oxygen atoms in total. The quantitative estimate of drug-likeness (QED) is 0.695. The van der Waals surface area contributed by atoms with Gasteiger partial charge in [0.1, 0.15) is 5.82 Å². The molecule has 6 heteroatoms. The zero-order valence-electron chi connectivity index (χ0n) is 8.76. The number of nitrogens with zero attached hydrogens (tertiary/aromatic N) is 1. The number of H-pyrrole nitrogens is 1. The van der Waals surface area contributed by atoms with Crippen molar-refractivity contribution in [2.75, 3.05) is 10.6 Å². The first-order valence-corrected chi connectivity index (χ1v) is 4.80. The van der Waals surface area contributed by atoms with E-state index >= 15 is 0 Å². The molecule has 0 aliphatic carbocycles. The third-order valence-electron chi connectivity index (χ3n) is 1.76. The molecular weight excluding hydrogens is 196 g/mol. The van der Waals surface area contributed by atoms with E-state index in [-0.39, 0.29) is 11.8 Å². The minimum absolute atomic E-state index is 0.105. The minimum atomic E-state index is -0.116. The second-order valence-corrected chi connectivity index (χ2v) is 2.97. The van der Waals surface area contributed by atoms with Crippen LogP contribution in [0.5, 0.6) is 0 Å². The molecule has 0 saturated heterocycles. The molecule has 0 saturated carbocycles. The Balaban J connectivity index is 2.56. The van der Waals surface area contributed by atoms with E-state index in [2.05, 4.69) is 20.8 Å². The van der Waals surface area contributed by atoms with E-state index in [0.717, 1.165) is 0 Å². The summed E-state index contributed by atoms with van der Waals surface area (Å²) in [6, 6.07) is 1.57. The fraction of sp³-hybridized carbons (Fsp3) is 0.444. The first kappa shape index (κ1) is 11.2. The van der Waals surface area contributed by atoms with Crippen molar-refractivity contribution in [2.24, 2.45) is 0 Å². The molecule has 0 unspecified atom stereocenters. The Labute approximate surface area is 87.4 Å². The molecule has 0 aliphatic rings. The van der Waals surface area contributed by atoms with Crippen LogP contribution in [0.1, 0.15) is 26.7 Å². The van der Waals surface area contributed by atoms with Gasteiger partial charge in [0.25, 0.3) is 0 Å². The van der Waals surface area contributed by atoms with Crippen LogP contribution in [0.3, 0.4) is 0 Å². The summed E-state index contributed by atoms with van der Waals surface area (Å²) < 4.78 is 0. The van der Waals surface area contributed by atoms with Gasteiger partial charge < -0.3 is 10.6 Å². The monoisotopic (exact) mass is 210 g/mol. The Morgan fingerprint density at radius 2 is 1.87 bits per heavy atom. The van der Waals surface area contributed by atoms with Crippen molar-refractivity contribution in [1.82, 2.24) is 10.2 Å². The van der Waals surface area contributed by atoms with Crippen LogP contribution in [0.15, 0.2) is 6.07 Å². The van der Waals surface area contributed by atoms with Gasteiger partial charge in [-0.2, -0.15) is 5.10 Å². The van der Waals surface area contributed by atoms with Crippen molar-refractivity contribution in [3.8, 4) is 0 Å². The lowest BCUT2D eigenvalue weighted by atomic mass is 10.4. The molecule has 1 aromatic heterocycles. The first-order valence-electron chi connectivity index (χ1n) is 4.80. The predicted molar refractivity (Wildman–Crippen MR) is 56.4 cm³/mol. The molecule has 0 spiro atoms. The summed E-state index contributed by atoms with van der Waals surface area (Å²) >= 11 is 0. The normalized spacial score (nSPS) is 9.73. The molecule has 0 radical (unpaired) electrons. The number of aromatic amines is 1. The van der Waals surface area contributed by atoms with Gasteiger partial charge in [0.05, 0.1) is 0 Å². The summed E-state index contributed by atoms with van der Waals surface area (Å²) in [5, 5.41) is 11.6. The number of hydrogen-bond acceptors (Lipinski definition) is 3. The van der Waals surface area contributed by atoms with Gasteiger partial charge in [0.2, 0.25) is 11.8 Å². The standard InChI is InChI=1S/C9H14N4O2/c1-3-8(14)10-6-5-7(13-12-6)11-9(15)4-2/h5H,3-4H2,1-2H3,(H3,10,11,12,13,14,15). The van der Waals surface area contributed by atoms with Gasteiger partial charge in [-0.25, -0.2) is 0 Å². The van der Waals surface area contributed by atoms with E-state index in [1.807, 2.05) is 0 Å². The highest BCUT2D eigenvalue weighted by molar-refractivity contribution is 5.92. The largest absolute Gasteiger partial charge is 0.311 e. The SMILES string of the molecule is CCC(=O)Nc1cc(NC(=O)CC)[nH]n1. The highest BCUT2D eigenvalue weighted by Gasteiger charge is 2.05. The van der Waals surface area contributed by atoms with Gasteiger partial charge in [-0.15, -0.1) is 0 Å². The Morgan fingerprint density at radius 1 is 1.27 bits per heavy atom. The first-order chi connectivity index (χ1) is 7.15. The number of carbonyl (C=O) groups is 2. The van der Waals surface area contributed by atoms with Crippen LogP contribution >= 0.6 is 0 Å². The van der Waals surface area contributed by atoms with Crippen LogP contribution in [0.4, 0.5) is 11.6 Å². The van der Waals surface area contributed by atoms with Crippen LogP contribution < -0.4 is 10.6 Å². The van der Waals surface area contributed by atoms with Gasteiger partial charge in [-0.1, -0.05) is 13.8 Å². The summed E-state index contributed by atoms with van der Waals surface area (Å²) in [6.45, 7) is 3.51. The third-order valence-corrected chi connectivity index (χ3v) is 1.76. The van der Waals surface area contributed by atoms with E-state index in [0.29, 0.717) is 24.5 Å². The number of anilines is 2. The van der Waals surface area contributed by atoms with E-state index in [4.69, 9.17) is 0 Å². The average Bonchev–Trinajstić information content (AvgIpc) is 2.65. The lowest BCUT2D eigenvalue weighted by Crippen LogP contribution is -2.10. The van der Waals surface area contributed by atoms with Crippen molar-refractivity contribution in [3.63, 3.8) is 0 Å². The smallest absolute Gasteiger partial charge is 0.225 e. The summed E-state index contributed by atoms with van der Waals surface area (Å²) in [5.74, 6) is 0.670. The molecule has 1 aromatic rings. The van der Waals surface area contributed by atoms with E-state index in [1.54, 1.807) is 19.9 Å². The Kier molecular flexibility index (Phi) is 3.84. The molecule has 0 atom stereocenters. The maximum atomic E-state index is 11.0. The van der Waals surface area contributed by atoms with Crippen molar-refractivity contribution >= 4 is 23.5 Å². The number of hydrogen-bond donors (Lipinski definition) is 3. The Morgan fingerprint density at radius 3 is 2.47 bits per heavy atom. The number of nitrogens with one attached hydrogen (secondary N) is 3. The fourth-order valence-corrected chi connectivity index (χ4v) is 0.920. The van der Waals surface area contributed by atoms with Crippen LogP contribution in [0.2, 0.25) is 0 Å². The Bertz CT molecular complexity index is 326. The molecule has 0 aliphatic heterocycles. The van der Waals surface area contributed by atoms with Gasteiger partial charge >= 0.3 is 0 Å².